The lowest BCUT2D eigenvalue weighted by molar-refractivity contribution is -0.141. The van der Waals surface area contributed by atoms with Crippen LogP contribution in [0.1, 0.15) is 43.4 Å². The van der Waals surface area contributed by atoms with Crippen molar-refractivity contribution in [3.05, 3.63) is 101 Å². The van der Waals surface area contributed by atoms with E-state index < -0.39 is 27.7 Å². The second kappa shape index (κ2) is 14.9. The van der Waals surface area contributed by atoms with Crippen molar-refractivity contribution < 1.29 is 26.8 Å². The molecule has 0 aliphatic heterocycles. The van der Waals surface area contributed by atoms with Crippen molar-refractivity contribution in [1.29, 1.82) is 0 Å². The van der Waals surface area contributed by atoms with Crippen molar-refractivity contribution in [1.82, 2.24) is 10.2 Å². The molecule has 0 saturated heterocycles. The number of sulfonamides is 1. The molecule has 0 radical (unpaired) electrons. The number of aryl methyl sites for hydroxylation is 1. The highest BCUT2D eigenvalue weighted by Gasteiger charge is 2.30. The van der Waals surface area contributed by atoms with Crippen LogP contribution in [0.25, 0.3) is 0 Å². The number of carbonyl (C=O) groups is 2. The van der Waals surface area contributed by atoms with Gasteiger partial charge in [0.25, 0.3) is 0 Å². The van der Waals surface area contributed by atoms with Gasteiger partial charge in [-0.05, 0) is 42.5 Å². The Bertz CT molecular complexity index is 1450. The fourth-order valence-electron chi connectivity index (χ4n) is 4.51. The summed E-state index contributed by atoms with van der Waals surface area (Å²) in [6, 6.07) is 19.2. The van der Waals surface area contributed by atoms with Crippen LogP contribution in [0, 0.1) is 24.5 Å². The molecule has 0 bridgehead atoms. The number of halogens is 2. The molecule has 10 heteroatoms. The molecule has 2 amide bonds. The number of nitrogens with one attached hydrogen (secondary N) is 1. The lowest BCUT2D eigenvalue weighted by Crippen LogP contribution is -2.51. The number of anilines is 1. The van der Waals surface area contributed by atoms with Crippen LogP contribution in [0.2, 0.25) is 0 Å². The smallest absolute Gasteiger partial charge is 0.243 e. The summed E-state index contributed by atoms with van der Waals surface area (Å²) in [6.07, 6.45) is 1.30. The van der Waals surface area contributed by atoms with Crippen molar-refractivity contribution >= 4 is 27.5 Å². The first-order chi connectivity index (χ1) is 19.8. The van der Waals surface area contributed by atoms with Crippen LogP contribution in [0.3, 0.4) is 0 Å². The van der Waals surface area contributed by atoms with E-state index in [0.29, 0.717) is 13.0 Å². The maximum absolute atomic E-state index is 13.9. The maximum atomic E-state index is 13.9. The summed E-state index contributed by atoms with van der Waals surface area (Å²) in [5, 5.41) is 2.97. The summed E-state index contributed by atoms with van der Waals surface area (Å²) in [6.45, 7) is 6.45. The predicted octanol–water partition coefficient (Wildman–Crippen LogP) is 5.23. The monoisotopic (exact) mass is 599 g/mol. The standard InChI is InChI=1S/C32H39F2N3O4S/c1-23(2)21-35-32(39)30(19-25-9-6-5-7-10-25)36(22-26-14-12-24(3)13-15-26)31(38)11-8-18-37(42(4,40)41)27-16-17-28(33)29(34)20-27/h5-7,9-10,12-17,20,23,30H,8,11,18-19,21-22H2,1-4H3,(H,35,39). The summed E-state index contributed by atoms with van der Waals surface area (Å²) in [7, 11) is -3.85. The van der Waals surface area contributed by atoms with Gasteiger partial charge in [-0.3, -0.25) is 13.9 Å². The molecule has 3 aromatic rings. The number of rotatable bonds is 14. The van der Waals surface area contributed by atoms with Gasteiger partial charge in [-0.25, -0.2) is 17.2 Å². The molecule has 1 N–H and O–H groups in total. The summed E-state index contributed by atoms with van der Waals surface area (Å²) in [4.78, 5) is 28.9. The fourth-order valence-corrected chi connectivity index (χ4v) is 5.47. The summed E-state index contributed by atoms with van der Waals surface area (Å²) in [5.74, 6) is -2.64. The second-order valence-corrected chi connectivity index (χ2v) is 12.8. The average molecular weight is 600 g/mol. The van der Waals surface area contributed by atoms with Crippen molar-refractivity contribution in [2.24, 2.45) is 5.92 Å². The molecule has 1 atom stereocenters. The molecule has 3 rings (SSSR count). The van der Waals surface area contributed by atoms with E-state index in [-0.39, 0.29) is 49.4 Å². The van der Waals surface area contributed by atoms with Crippen LogP contribution >= 0.6 is 0 Å². The van der Waals surface area contributed by atoms with E-state index >= 15 is 0 Å². The third-order valence-electron chi connectivity index (χ3n) is 6.77. The topological polar surface area (TPSA) is 86.8 Å². The Kier molecular flexibility index (Phi) is 11.6. The minimum absolute atomic E-state index is 0.0321. The third kappa shape index (κ3) is 9.65. The lowest BCUT2D eigenvalue weighted by atomic mass is 10.0. The van der Waals surface area contributed by atoms with Gasteiger partial charge in [0, 0.05) is 38.5 Å². The zero-order chi connectivity index (χ0) is 30.9. The number of benzene rings is 3. The van der Waals surface area contributed by atoms with E-state index in [1.54, 1.807) is 4.90 Å². The molecule has 0 aromatic heterocycles. The van der Waals surface area contributed by atoms with Gasteiger partial charge in [0.15, 0.2) is 11.6 Å². The Morgan fingerprint density at radius 2 is 1.57 bits per heavy atom. The van der Waals surface area contributed by atoms with Crippen LogP contribution in [0.15, 0.2) is 72.8 Å². The zero-order valence-corrected chi connectivity index (χ0v) is 25.3. The number of hydrogen-bond acceptors (Lipinski definition) is 4. The van der Waals surface area contributed by atoms with Gasteiger partial charge in [-0.2, -0.15) is 0 Å². The maximum Gasteiger partial charge on any atom is 0.243 e. The van der Waals surface area contributed by atoms with Crippen molar-refractivity contribution in [2.75, 3.05) is 23.7 Å². The van der Waals surface area contributed by atoms with Crippen LogP contribution in [-0.4, -0.2) is 50.5 Å². The highest BCUT2D eigenvalue weighted by Crippen LogP contribution is 2.22. The minimum atomic E-state index is -3.85. The van der Waals surface area contributed by atoms with Crippen LogP contribution in [0.4, 0.5) is 14.5 Å². The quantitative estimate of drug-likeness (QED) is 0.275. The van der Waals surface area contributed by atoms with E-state index in [1.165, 1.54) is 6.07 Å². The number of nitrogens with zero attached hydrogens (tertiary/aromatic N) is 2. The molecule has 1 unspecified atom stereocenters. The Morgan fingerprint density at radius 1 is 0.905 bits per heavy atom. The number of carbonyl (C=O) groups excluding carboxylic acids is 2. The largest absolute Gasteiger partial charge is 0.354 e. The summed E-state index contributed by atoms with van der Waals surface area (Å²) >= 11 is 0. The summed E-state index contributed by atoms with van der Waals surface area (Å²) < 4.78 is 53.3. The Hall–Kier alpha value is -3.79. The Labute approximate surface area is 247 Å². The van der Waals surface area contributed by atoms with E-state index in [2.05, 4.69) is 5.32 Å². The second-order valence-electron chi connectivity index (χ2n) is 10.9. The first kappa shape index (κ1) is 32.7. The molecular formula is C32H39F2N3O4S. The van der Waals surface area contributed by atoms with Gasteiger partial charge in [0.2, 0.25) is 21.8 Å². The van der Waals surface area contributed by atoms with Crippen LogP contribution in [0.5, 0.6) is 0 Å². The first-order valence-corrected chi connectivity index (χ1v) is 15.8. The predicted molar refractivity (Wildman–Crippen MR) is 161 cm³/mol. The van der Waals surface area contributed by atoms with Gasteiger partial charge in [-0.15, -0.1) is 0 Å². The molecule has 226 valence electrons. The van der Waals surface area contributed by atoms with E-state index in [4.69, 9.17) is 0 Å². The molecular weight excluding hydrogens is 560 g/mol. The van der Waals surface area contributed by atoms with Gasteiger partial charge in [-0.1, -0.05) is 74.0 Å². The number of hydrogen-bond donors (Lipinski definition) is 1. The van der Waals surface area contributed by atoms with Crippen LogP contribution < -0.4 is 9.62 Å². The summed E-state index contributed by atoms with van der Waals surface area (Å²) in [5.41, 5.74) is 2.77. The molecule has 0 heterocycles. The Morgan fingerprint density at radius 3 is 2.17 bits per heavy atom. The van der Waals surface area contributed by atoms with E-state index in [0.717, 1.165) is 39.4 Å². The molecule has 42 heavy (non-hydrogen) atoms. The molecule has 0 aliphatic rings. The van der Waals surface area contributed by atoms with Gasteiger partial charge in [0.1, 0.15) is 6.04 Å². The highest BCUT2D eigenvalue weighted by atomic mass is 32.2. The van der Waals surface area contributed by atoms with Crippen LogP contribution in [-0.2, 0) is 32.6 Å². The average Bonchev–Trinajstić information content (AvgIpc) is 2.94. The molecule has 7 nitrogen and oxygen atoms in total. The molecule has 0 fully saturated rings. The van der Waals surface area contributed by atoms with E-state index in [9.17, 15) is 26.8 Å². The first-order valence-electron chi connectivity index (χ1n) is 13.9. The minimum Gasteiger partial charge on any atom is -0.354 e. The lowest BCUT2D eigenvalue weighted by Gasteiger charge is -2.32. The van der Waals surface area contributed by atoms with Crippen molar-refractivity contribution in [2.45, 2.75) is 52.6 Å². The van der Waals surface area contributed by atoms with Gasteiger partial charge >= 0.3 is 0 Å². The van der Waals surface area contributed by atoms with E-state index in [1.807, 2.05) is 75.4 Å². The van der Waals surface area contributed by atoms with Gasteiger partial charge < -0.3 is 10.2 Å². The van der Waals surface area contributed by atoms with Crippen molar-refractivity contribution in [3.63, 3.8) is 0 Å². The normalized spacial score (nSPS) is 12.2. The van der Waals surface area contributed by atoms with Gasteiger partial charge in [0.05, 0.1) is 11.9 Å². The Balaban J connectivity index is 1.88. The third-order valence-corrected chi connectivity index (χ3v) is 7.97. The molecule has 0 spiro atoms. The highest BCUT2D eigenvalue weighted by molar-refractivity contribution is 7.92. The zero-order valence-electron chi connectivity index (χ0n) is 24.5. The molecule has 0 aliphatic carbocycles. The van der Waals surface area contributed by atoms with Crippen molar-refractivity contribution in [3.8, 4) is 0 Å². The number of amides is 2. The molecule has 0 saturated carbocycles. The SMILES string of the molecule is Cc1ccc(CN(C(=O)CCCN(c2ccc(F)c(F)c2)S(C)(=O)=O)C(Cc2ccccc2)C(=O)NCC(C)C)cc1. The molecule has 3 aromatic carbocycles. The fraction of sp³-hybridized carbons (Fsp3) is 0.375.